The third-order valence-corrected chi connectivity index (χ3v) is 3.64. The lowest BCUT2D eigenvalue weighted by Crippen LogP contribution is -2.50. The van der Waals surface area contributed by atoms with Gasteiger partial charge in [-0.3, -0.25) is 9.69 Å². The molecule has 1 aliphatic rings. The van der Waals surface area contributed by atoms with Gasteiger partial charge in [-0.1, -0.05) is 12.1 Å². The zero-order valence-electron chi connectivity index (χ0n) is 13.1. The topological polar surface area (TPSA) is 48.0 Å². The molecule has 0 fully saturated rings. The highest BCUT2D eigenvalue weighted by Crippen LogP contribution is 2.40. The third kappa shape index (κ3) is 2.84. The summed E-state index contributed by atoms with van der Waals surface area (Å²) in [5, 5.41) is 0. The van der Waals surface area contributed by atoms with Gasteiger partial charge in [0.1, 0.15) is 11.5 Å². The Morgan fingerprint density at radius 3 is 2.33 bits per heavy atom. The zero-order valence-corrected chi connectivity index (χ0v) is 13.1. The molecule has 0 aliphatic carbocycles. The van der Waals surface area contributed by atoms with Crippen LogP contribution in [0.3, 0.4) is 0 Å². The van der Waals surface area contributed by atoms with Gasteiger partial charge in [0.15, 0.2) is 5.75 Å². The number of carbonyl (C=O) groups is 1. The molecule has 1 aliphatic heterocycles. The van der Waals surface area contributed by atoms with E-state index in [4.69, 9.17) is 9.47 Å². The van der Waals surface area contributed by atoms with Crippen LogP contribution in [0.2, 0.25) is 0 Å². The Labute approximate surface area is 137 Å². The summed E-state index contributed by atoms with van der Waals surface area (Å²) in [5.41, 5.74) is 0.877. The van der Waals surface area contributed by atoms with Gasteiger partial charge < -0.3 is 14.2 Å². The number of fused-ring (bicyclic) bond motifs is 1. The van der Waals surface area contributed by atoms with Crippen molar-refractivity contribution in [1.29, 1.82) is 0 Å². The summed E-state index contributed by atoms with van der Waals surface area (Å²) in [4.78, 5) is 13.1. The van der Waals surface area contributed by atoms with E-state index in [1.807, 2.05) is 0 Å². The first-order valence-electron chi connectivity index (χ1n) is 7.14. The second kappa shape index (κ2) is 5.99. The number of para-hydroxylation sites is 2. The molecular weight excluding hydrogens is 320 g/mol. The number of anilines is 1. The van der Waals surface area contributed by atoms with Crippen molar-refractivity contribution >= 4 is 11.6 Å². The maximum atomic E-state index is 13.9. The Balaban J connectivity index is 2.01. The predicted octanol–water partition coefficient (Wildman–Crippen LogP) is 3.22. The van der Waals surface area contributed by atoms with Gasteiger partial charge in [-0.05, 0) is 29.8 Å². The number of carbonyl (C=O) groups excluding carboxylic acids is 1. The lowest BCUT2D eigenvalue weighted by Gasteiger charge is -2.33. The highest BCUT2D eigenvalue weighted by atomic mass is 19.3. The number of hydrogen-bond donors (Lipinski definition) is 0. The molecule has 1 amide bonds. The maximum absolute atomic E-state index is 13.9. The number of hydrogen-bond acceptors (Lipinski definition) is 4. The van der Waals surface area contributed by atoms with Gasteiger partial charge in [-0.2, -0.15) is 8.78 Å². The summed E-state index contributed by atoms with van der Waals surface area (Å²) in [5.74, 6) is -0.449. The number of amides is 1. The van der Waals surface area contributed by atoms with E-state index in [0.29, 0.717) is 17.1 Å². The number of methoxy groups -OCH3 is 2. The van der Waals surface area contributed by atoms with Crippen LogP contribution in [0.15, 0.2) is 42.5 Å². The number of nitrogens with zero attached hydrogens (tertiary/aromatic N) is 1. The molecule has 2 aromatic carbocycles. The zero-order chi connectivity index (χ0) is 17.3. The molecule has 0 unspecified atom stereocenters. The standard InChI is InChI=1S/C17H15F2NO4/c1-22-12-7-11(8-13(9-12)23-2)10-20-14-5-3-4-6-15(14)24-17(18,19)16(20)21/h3-9H,10H2,1-2H3. The van der Waals surface area contributed by atoms with E-state index < -0.39 is 12.0 Å². The van der Waals surface area contributed by atoms with Crippen molar-refractivity contribution < 1.29 is 27.8 Å². The van der Waals surface area contributed by atoms with Crippen LogP contribution >= 0.6 is 0 Å². The molecule has 7 heteroatoms. The van der Waals surface area contributed by atoms with Crippen LogP contribution in [0.1, 0.15) is 5.56 Å². The summed E-state index contributed by atoms with van der Waals surface area (Å²) in [6.45, 7) is -0.0671. The van der Waals surface area contributed by atoms with Crippen molar-refractivity contribution in [3.63, 3.8) is 0 Å². The van der Waals surface area contributed by atoms with Crippen molar-refractivity contribution in [2.45, 2.75) is 12.7 Å². The fraction of sp³-hybridized carbons (Fsp3) is 0.235. The lowest BCUT2D eigenvalue weighted by atomic mass is 10.1. The Kier molecular flexibility index (Phi) is 4.01. The average molecular weight is 335 g/mol. The first kappa shape index (κ1) is 16.0. The molecule has 0 saturated heterocycles. The SMILES string of the molecule is COc1cc(CN2C(=O)C(F)(F)Oc3ccccc32)cc(OC)c1. The molecule has 3 rings (SSSR count). The predicted molar refractivity (Wildman–Crippen MR) is 82.8 cm³/mol. The first-order chi connectivity index (χ1) is 11.4. The molecule has 126 valence electrons. The Bertz CT molecular complexity index is 757. The minimum absolute atomic E-state index is 0.0445. The van der Waals surface area contributed by atoms with Crippen molar-refractivity contribution in [2.75, 3.05) is 19.1 Å². The van der Waals surface area contributed by atoms with Crippen molar-refractivity contribution in [1.82, 2.24) is 0 Å². The molecule has 0 spiro atoms. The molecule has 0 bridgehead atoms. The Hall–Kier alpha value is -2.83. The number of halogens is 2. The van der Waals surface area contributed by atoms with Gasteiger partial charge in [-0.25, -0.2) is 0 Å². The number of rotatable bonds is 4. The summed E-state index contributed by atoms with van der Waals surface area (Å²) in [7, 11) is 2.98. The van der Waals surface area contributed by atoms with Crippen LogP contribution in [-0.4, -0.2) is 26.2 Å². The second-order valence-electron chi connectivity index (χ2n) is 5.20. The first-order valence-corrected chi connectivity index (χ1v) is 7.14. The molecule has 0 radical (unpaired) electrons. The largest absolute Gasteiger partial charge is 0.497 e. The third-order valence-electron chi connectivity index (χ3n) is 3.64. The molecule has 24 heavy (non-hydrogen) atoms. The van der Waals surface area contributed by atoms with Gasteiger partial charge in [-0.15, -0.1) is 0 Å². The quantitative estimate of drug-likeness (QED) is 0.861. The molecular formula is C17H15F2NO4. The van der Waals surface area contributed by atoms with Crippen molar-refractivity contribution in [2.24, 2.45) is 0 Å². The highest BCUT2D eigenvalue weighted by Gasteiger charge is 2.50. The fourth-order valence-electron chi connectivity index (χ4n) is 2.51. The Morgan fingerprint density at radius 2 is 1.71 bits per heavy atom. The maximum Gasteiger partial charge on any atom is 0.482 e. The molecule has 2 aromatic rings. The van der Waals surface area contributed by atoms with Crippen LogP contribution < -0.4 is 19.1 Å². The highest BCUT2D eigenvalue weighted by molar-refractivity contribution is 6.00. The van der Waals surface area contributed by atoms with Crippen molar-refractivity contribution in [3.05, 3.63) is 48.0 Å². The monoisotopic (exact) mass is 335 g/mol. The molecule has 0 atom stereocenters. The molecule has 0 N–H and O–H groups in total. The van der Waals surface area contributed by atoms with E-state index >= 15 is 0 Å². The van der Waals surface area contributed by atoms with Gasteiger partial charge in [0.25, 0.3) is 0 Å². The van der Waals surface area contributed by atoms with E-state index in [2.05, 4.69) is 4.74 Å². The summed E-state index contributed by atoms with van der Waals surface area (Å²) < 4.78 is 42.6. The summed E-state index contributed by atoms with van der Waals surface area (Å²) in [6, 6.07) is 11.1. The normalized spacial score (nSPS) is 15.5. The van der Waals surface area contributed by atoms with Crippen LogP contribution in [0.25, 0.3) is 0 Å². The van der Waals surface area contributed by atoms with Crippen LogP contribution in [0, 0.1) is 0 Å². The summed E-state index contributed by atoms with van der Waals surface area (Å²) in [6.07, 6.45) is -3.91. The number of benzene rings is 2. The van der Waals surface area contributed by atoms with Crippen LogP contribution in [0.5, 0.6) is 17.2 Å². The van der Waals surface area contributed by atoms with Gasteiger partial charge in [0.2, 0.25) is 0 Å². The lowest BCUT2D eigenvalue weighted by molar-refractivity contribution is -0.193. The average Bonchev–Trinajstić information content (AvgIpc) is 2.58. The fourth-order valence-corrected chi connectivity index (χ4v) is 2.51. The van der Waals surface area contributed by atoms with Gasteiger partial charge in [0.05, 0.1) is 26.5 Å². The van der Waals surface area contributed by atoms with Crippen LogP contribution in [0.4, 0.5) is 14.5 Å². The van der Waals surface area contributed by atoms with Gasteiger partial charge in [0, 0.05) is 6.07 Å². The van der Waals surface area contributed by atoms with E-state index in [0.717, 1.165) is 4.90 Å². The smallest absolute Gasteiger partial charge is 0.482 e. The molecule has 0 aromatic heterocycles. The van der Waals surface area contributed by atoms with E-state index in [1.165, 1.54) is 20.3 Å². The minimum Gasteiger partial charge on any atom is -0.497 e. The molecule has 1 heterocycles. The van der Waals surface area contributed by atoms with E-state index in [9.17, 15) is 13.6 Å². The minimum atomic E-state index is -3.91. The van der Waals surface area contributed by atoms with E-state index in [1.54, 1.807) is 36.4 Å². The van der Waals surface area contributed by atoms with Crippen LogP contribution in [-0.2, 0) is 11.3 Å². The Morgan fingerprint density at radius 1 is 1.08 bits per heavy atom. The summed E-state index contributed by atoms with van der Waals surface area (Å²) >= 11 is 0. The second-order valence-corrected chi connectivity index (χ2v) is 5.20. The molecule has 0 saturated carbocycles. The van der Waals surface area contributed by atoms with Gasteiger partial charge >= 0.3 is 12.0 Å². The van der Waals surface area contributed by atoms with E-state index in [-0.39, 0.29) is 18.0 Å². The number of ether oxygens (including phenoxy) is 3. The molecule has 5 nitrogen and oxygen atoms in total. The number of alkyl halides is 2. The van der Waals surface area contributed by atoms with Crippen molar-refractivity contribution in [3.8, 4) is 17.2 Å².